The second kappa shape index (κ2) is 5.83. The molecule has 0 aliphatic heterocycles. The number of ether oxygens (including phenoxy) is 1. The summed E-state index contributed by atoms with van der Waals surface area (Å²) in [6.45, 7) is 11.0. The number of hydrogen-bond acceptors (Lipinski definition) is 1. The van der Waals surface area contributed by atoms with Crippen LogP contribution in [0.5, 0.6) is 5.75 Å². The summed E-state index contributed by atoms with van der Waals surface area (Å²) in [6, 6.07) is 8.30. The van der Waals surface area contributed by atoms with E-state index in [4.69, 9.17) is 4.74 Å². The fourth-order valence-electron chi connectivity index (χ4n) is 2.01. The molecule has 1 heteroatoms. The van der Waals surface area contributed by atoms with Crippen LogP contribution in [0.2, 0.25) is 0 Å². The standard InChI is InChI=1S/C15H23O/c1-5-7-12-15(3,4)13-10-8-9-11-14(13)16-6-2/h8-11H,2,5-7,12H2,1,3-4H3/q+1. The molecule has 0 amide bonds. The highest BCUT2D eigenvalue weighted by atomic mass is 16.5. The number of hydrogen-bond donors (Lipinski definition) is 0. The zero-order chi connectivity index (χ0) is 12.0. The third kappa shape index (κ3) is 3.19. The Morgan fingerprint density at radius 2 is 1.94 bits per heavy atom. The van der Waals surface area contributed by atoms with Gasteiger partial charge in [-0.25, -0.2) is 0 Å². The first-order valence-corrected chi connectivity index (χ1v) is 6.13. The first-order chi connectivity index (χ1) is 7.61. The van der Waals surface area contributed by atoms with Crippen molar-refractivity contribution >= 4 is 0 Å². The summed E-state index contributed by atoms with van der Waals surface area (Å²) in [5.74, 6) is 0.985. The van der Waals surface area contributed by atoms with Crippen LogP contribution in [-0.4, -0.2) is 6.61 Å². The molecule has 0 fully saturated rings. The monoisotopic (exact) mass is 219 g/mol. The van der Waals surface area contributed by atoms with E-state index in [2.05, 4.69) is 39.8 Å². The molecule has 0 saturated carbocycles. The maximum atomic E-state index is 5.59. The van der Waals surface area contributed by atoms with Gasteiger partial charge in [0, 0.05) is 0 Å². The van der Waals surface area contributed by atoms with Gasteiger partial charge in [-0.1, -0.05) is 51.8 Å². The lowest BCUT2D eigenvalue weighted by atomic mass is 9.79. The molecule has 0 aliphatic carbocycles. The Hall–Kier alpha value is -1.11. The van der Waals surface area contributed by atoms with Gasteiger partial charge in [-0.2, -0.15) is 0 Å². The lowest BCUT2D eigenvalue weighted by Crippen LogP contribution is -2.18. The van der Waals surface area contributed by atoms with Gasteiger partial charge in [0.1, 0.15) is 12.7 Å². The number of para-hydroxylation sites is 1. The van der Waals surface area contributed by atoms with E-state index in [1.54, 1.807) is 0 Å². The Labute approximate surface area is 99.8 Å². The van der Waals surface area contributed by atoms with Gasteiger partial charge in [-0.15, -0.1) is 0 Å². The van der Waals surface area contributed by atoms with Crippen LogP contribution in [0.25, 0.3) is 0 Å². The van der Waals surface area contributed by atoms with Crippen molar-refractivity contribution in [2.75, 3.05) is 6.61 Å². The van der Waals surface area contributed by atoms with E-state index >= 15 is 0 Å². The van der Waals surface area contributed by atoms with Gasteiger partial charge >= 0.3 is 0 Å². The first-order valence-electron chi connectivity index (χ1n) is 6.13. The Bertz CT molecular complexity index is 315. The van der Waals surface area contributed by atoms with E-state index < -0.39 is 0 Å². The van der Waals surface area contributed by atoms with Gasteiger partial charge < -0.3 is 4.74 Å². The predicted molar refractivity (Wildman–Crippen MR) is 69.8 cm³/mol. The minimum absolute atomic E-state index is 0.182. The van der Waals surface area contributed by atoms with Crippen molar-refractivity contribution in [3.05, 3.63) is 36.8 Å². The van der Waals surface area contributed by atoms with Gasteiger partial charge in [0.25, 0.3) is 0 Å². The molecule has 0 unspecified atom stereocenters. The summed E-state index contributed by atoms with van der Waals surface area (Å²) in [4.78, 5) is 0. The maximum Gasteiger partial charge on any atom is 0.224 e. The van der Waals surface area contributed by atoms with Crippen LogP contribution in [0.3, 0.4) is 0 Å². The Balaban J connectivity index is 2.91. The molecule has 1 aromatic carbocycles. The zero-order valence-corrected chi connectivity index (χ0v) is 10.8. The van der Waals surface area contributed by atoms with Crippen molar-refractivity contribution in [2.45, 2.75) is 45.4 Å². The zero-order valence-electron chi connectivity index (χ0n) is 10.8. The average molecular weight is 219 g/mol. The van der Waals surface area contributed by atoms with E-state index in [0.717, 1.165) is 5.75 Å². The number of benzene rings is 1. The van der Waals surface area contributed by atoms with Crippen molar-refractivity contribution in [1.82, 2.24) is 0 Å². The van der Waals surface area contributed by atoms with Crippen molar-refractivity contribution in [3.63, 3.8) is 0 Å². The quantitative estimate of drug-likeness (QED) is 0.646. The molecule has 0 heterocycles. The summed E-state index contributed by atoms with van der Waals surface area (Å²) in [5, 5.41) is 0. The highest BCUT2D eigenvalue weighted by molar-refractivity contribution is 5.38. The molecule has 0 aliphatic rings. The number of unbranched alkanes of at least 4 members (excludes halogenated alkanes) is 1. The first kappa shape index (κ1) is 13.0. The van der Waals surface area contributed by atoms with Crippen LogP contribution < -0.4 is 4.74 Å². The fraction of sp³-hybridized carbons (Fsp3) is 0.533. The smallest absolute Gasteiger partial charge is 0.224 e. The molecule has 0 N–H and O–H groups in total. The molecule has 0 bridgehead atoms. The van der Waals surface area contributed by atoms with Gasteiger partial charge in [-0.3, -0.25) is 0 Å². The third-order valence-corrected chi connectivity index (χ3v) is 3.03. The van der Waals surface area contributed by atoms with Crippen LogP contribution in [0.15, 0.2) is 24.3 Å². The summed E-state index contributed by atoms with van der Waals surface area (Å²) < 4.78 is 5.59. The van der Waals surface area contributed by atoms with E-state index in [0.29, 0.717) is 6.61 Å². The van der Waals surface area contributed by atoms with Crippen molar-refractivity contribution in [3.8, 4) is 5.75 Å². The minimum Gasteiger partial charge on any atom is -0.453 e. The predicted octanol–water partition coefficient (Wildman–Crippen LogP) is 4.37. The summed E-state index contributed by atoms with van der Waals surface area (Å²) in [5.41, 5.74) is 1.48. The summed E-state index contributed by atoms with van der Waals surface area (Å²) in [7, 11) is 0. The van der Waals surface area contributed by atoms with E-state index in [1.165, 1.54) is 24.8 Å². The van der Waals surface area contributed by atoms with E-state index in [1.807, 2.05) is 12.1 Å². The number of rotatable bonds is 6. The second-order valence-corrected chi connectivity index (χ2v) is 4.83. The molecule has 88 valence electrons. The van der Waals surface area contributed by atoms with Gasteiger partial charge in [0.05, 0.1) is 0 Å². The van der Waals surface area contributed by atoms with E-state index in [-0.39, 0.29) is 5.41 Å². The topological polar surface area (TPSA) is 9.23 Å². The van der Waals surface area contributed by atoms with Crippen LogP contribution in [-0.2, 0) is 5.41 Å². The van der Waals surface area contributed by atoms with Crippen LogP contribution in [0, 0.1) is 6.92 Å². The van der Waals surface area contributed by atoms with E-state index in [9.17, 15) is 0 Å². The molecule has 1 rings (SSSR count). The highest BCUT2D eigenvalue weighted by Crippen LogP contribution is 2.35. The maximum absolute atomic E-state index is 5.59. The largest absolute Gasteiger partial charge is 0.453 e. The van der Waals surface area contributed by atoms with Crippen molar-refractivity contribution < 1.29 is 4.74 Å². The summed E-state index contributed by atoms with van der Waals surface area (Å²) >= 11 is 0. The summed E-state index contributed by atoms with van der Waals surface area (Å²) in [6.07, 6.45) is 3.69. The van der Waals surface area contributed by atoms with Gasteiger partial charge in [0.2, 0.25) is 6.61 Å². The second-order valence-electron chi connectivity index (χ2n) is 4.83. The van der Waals surface area contributed by atoms with Crippen LogP contribution in [0.4, 0.5) is 0 Å². The minimum atomic E-state index is 0.182. The van der Waals surface area contributed by atoms with Crippen molar-refractivity contribution in [2.24, 2.45) is 0 Å². The van der Waals surface area contributed by atoms with Crippen LogP contribution in [0.1, 0.15) is 45.6 Å². The Morgan fingerprint density at radius 3 is 2.56 bits per heavy atom. The molecule has 0 atom stereocenters. The lowest BCUT2D eigenvalue weighted by molar-refractivity contribution is 0.341. The SMILES string of the molecule is [CH2+]COc1ccccc1C(C)(C)CCCC. The molecule has 16 heavy (non-hydrogen) atoms. The van der Waals surface area contributed by atoms with Crippen LogP contribution >= 0.6 is 0 Å². The molecule has 1 nitrogen and oxygen atoms in total. The average Bonchev–Trinajstić information content (AvgIpc) is 2.27. The lowest BCUT2D eigenvalue weighted by Gasteiger charge is -2.27. The van der Waals surface area contributed by atoms with Gasteiger partial charge in [-0.05, 0) is 23.5 Å². The molecule has 0 aromatic heterocycles. The molecule has 1 aromatic rings. The van der Waals surface area contributed by atoms with Crippen molar-refractivity contribution in [1.29, 1.82) is 0 Å². The Morgan fingerprint density at radius 1 is 1.25 bits per heavy atom. The normalized spacial score (nSPS) is 11.4. The molecule has 0 radical (unpaired) electrons. The molecular weight excluding hydrogens is 196 g/mol. The molecular formula is C15H23O+. The molecule has 0 spiro atoms. The highest BCUT2D eigenvalue weighted by Gasteiger charge is 2.23. The third-order valence-electron chi connectivity index (χ3n) is 3.03. The Kier molecular flexibility index (Phi) is 4.72. The fourth-order valence-corrected chi connectivity index (χ4v) is 2.01. The molecule has 0 saturated heterocycles. The van der Waals surface area contributed by atoms with Gasteiger partial charge in [0.15, 0.2) is 0 Å².